The number of aromatic nitrogens is 2. The number of hydrogen-bond acceptors (Lipinski definition) is 4. The van der Waals surface area contributed by atoms with Crippen LogP contribution < -0.4 is 5.56 Å². The number of likely N-dealkylation sites (tertiary alicyclic amines) is 1. The van der Waals surface area contributed by atoms with Gasteiger partial charge >= 0.3 is 0 Å². The number of piperidine rings is 1. The van der Waals surface area contributed by atoms with Gasteiger partial charge in [-0.25, -0.2) is 4.98 Å². The van der Waals surface area contributed by atoms with Gasteiger partial charge < -0.3 is 4.90 Å². The number of fused-ring (bicyclic) bond motifs is 2. The van der Waals surface area contributed by atoms with Crippen molar-refractivity contribution in [2.45, 2.75) is 69.6 Å². The third-order valence-electron chi connectivity index (χ3n) is 6.16. The number of nitrogens with zero attached hydrogens (tertiary/aromatic N) is 3. The second-order valence-electron chi connectivity index (χ2n) is 8.00. The normalized spacial score (nSPS) is 22.2. The van der Waals surface area contributed by atoms with E-state index in [1.54, 1.807) is 4.57 Å². The molecule has 1 aliphatic carbocycles. The van der Waals surface area contributed by atoms with E-state index in [0.29, 0.717) is 40.3 Å². The molecular formula is C22H29N3O2S. The zero-order valence-corrected chi connectivity index (χ0v) is 17.4. The Hall–Kier alpha value is -1.82. The summed E-state index contributed by atoms with van der Waals surface area (Å²) in [6.07, 6.45) is 8.20. The van der Waals surface area contributed by atoms with Crippen LogP contribution in [0.3, 0.4) is 0 Å². The lowest BCUT2D eigenvalue weighted by Gasteiger charge is -2.44. The van der Waals surface area contributed by atoms with Crippen LogP contribution in [0.15, 0.2) is 34.2 Å². The predicted octanol–water partition coefficient (Wildman–Crippen LogP) is 4.08. The average molecular weight is 400 g/mol. The molecule has 2 heterocycles. The molecule has 1 aromatic heterocycles. The molecule has 1 amide bonds. The fourth-order valence-corrected chi connectivity index (χ4v) is 5.73. The van der Waals surface area contributed by atoms with Crippen LogP contribution >= 0.6 is 11.8 Å². The highest BCUT2D eigenvalue weighted by Gasteiger charge is 2.35. The van der Waals surface area contributed by atoms with Gasteiger partial charge in [0.15, 0.2) is 5.16 Å². The van der Waals surface area contributed by atoms with E-state index in [-0.39, 0.29) is 11.5 Å². The van der Waals surface area contributed by atoms with Gasteiger partial charge in [-0.3, -0.25) is 14.2 Å². The Morgan fingerprint density at radius 1 is 1.18 bits per heavy atom. The Kier molecular flexibility index (Phi) is 6.04. The van der Waals surface area contributed by atoms with Crippen molar-refractivity contribution in [2.24, 2.45) is 5.92 Å². The number of amides is 1. The minimum atomic E-state index is -0.00674. The maximum Gasteiger partial charge on any atom is 0.262 e. The fourth-order valence-electron chi connectivity index (χ4n) is 4.82. The zero-order chi connectivity index (χ0) is 19.5. The summed E-state index contributed by atoms with van der Waals surface area (Å²) < 4.78 is 1.74. The van der Waals surface area contributed by atoms with Crippen LogP contribution in [0.1, 0.15) is 51.9 Å². The standard InChI is InChI=1S/C22H29N3O2S/c1-2-13-25-21(27)17-10-4-5-11-18(17)23-22(25)28-15-20(26)24-14-7-9-16-8-3-6-12-19(16)24/h4-5,10-11,16,19H,2-3,6-9,12-15H2,1H3/t16-,19-/m0/s1. The second-order valence-corrected chi connectivity index (χ2v) is 8.94. The third kappa shape index (κ3) is 3.84. The van der Waals surface area contributed by atoms with Crippen LogP contribution in [0.4, 0.5) is 0 Å². The Labute approximate surface area is 170 Å². The highest BCUT2D eigenvalue weighted by atomic mass is 32.2. The molecule has 4 rings (SSSR count). The number of rotatable bonds is 5. The van der Waals surface area contributed by atoms with Gasteiger partial charge in [0.25, 0.3) is 5.56 Å². The summed E-state index contributed by atoms with van der Waals surface area (Å²) in [6, 6.07) is 7.89. The SMILES string of the molecule is CCCn1c(SCC(=O)N2CCC[C@@H]3CCCC[C@@H]32)nc2ccccc2c1=O. The van der Waals surface area contributed by atoms with Gasteiger partial charge in [0, 0.05) is 19.1 Å². The first-order chi connectivity index (χ1) is 13.7. The van der Waals surface area contributed by atoms with E-state index < -0.39 is 0 Å². The molecule has 1 aromatic carbocycles. The van der Waals surface area contributed by atoms with Crippen LogP contribution in [-0.2, 0) is 11.3 Å². The molecule has 0 radical (unpaired) electrons. The molecule has 6 heteroatoms. The molecule has 0 spiro atoms. The maximum absolute atomic E-state index is 13.0. The van der Waals surface area contributed by atoms with Crippen LogP contribution in [-0.4, -0.2) is 38.7 Å². The first-order valence-electron chi connectivity index (χ1n) is 10.6. The molecule has 1 saturated carbocycles. The van der Waals surface area contributed by atoms with Gasteiger partial charge in [-0.05, 0) is 50.2 Å². The lowest BCUT2D eigenvalue weighted by Crippen LogP contribution is -2.50. The molecule has 0 unspecified atom stereocenters. The molecule has 2 aromatic rings. The quantitative estimate of drug-likeness (QED) is 0.562. The van der Waals surface area contributed by atoms with E-state index >= 15 is 0 Å². The largest absolute Gasteiger partial charge is 0.339 e. The van der Waals surface area contributed by atoms with Gasteiger partial charge in [-0.1, -0.05) is 43.7 Å². The minimum Gasteiger partial charge on any atom is -0.339 e. The summed E-state index contributed by atoms with van der Waals surface area (Å²) in [5.74, 6) is 1.25. The monoisotopic (exact) mass is 399 g/mol. The predicted molar refractivity (Wildman–Crippen MR) is 114 cm³/mol. The van der Waals surface area contributed by atoms with Crippen LogP contribution in [0.5, 0.6) is 0 Å². The van der Waals surface area contributed by atoms with Crippen molar-refractivity contribution in [3.8, 4) is 0 Å². The highest BCUT2D eigenvalue weighted by Crippen LogP contribution is 2.35. The van der Waals surface area contributed by atoms with Crippen LogP contribution in [0.2, 0.25) is 0 Å². The van der Waals surface area contributed by atoms with E-state index in [4.69, 9.17) is 4.98 Å². The summed E-state index contributed by atoms with van der Waals surface area (Å²) in [5, 5.41) is 1.31. The summed E-state index contributed by atoms with van der Waals surface area (Å²) in [4.78, 5) is 32.8. The van der Waals surface area contributed by atoms with Crippen molar-refractivity contribution in [2.75, 3.05) is 12.3 Å². The van der Waals surface area contributed by atoms with Crippen molar-refractivity contribution in [1.29, 1.82) is 0 Å². The van der Waals surface area contributed by atoms with Crippen LogP contribution in [0.25, 0.3) is 10.9 Å². The van der Waals surface area contributed by atoms with Crippen molar-refractivity contribution in [3.05, 3.63) is 34.6 Å². The first kappa shape index (κ1) is 19.5. The summed E-state index contributed by atoms with van der Waals surface area (Å²) in [5.41, 5.74) is 0.702. The van der Waals surface area contributed by atoms with E-state index in [1.165, 1.54) is 37.4 Å². The van der Waals surface area contributed by atoms with Gasteiger partial charge in [-0.2, -0.15) is 0 Å². The van der Waals surface area contributed by atoms with E-state index in [2.05, 4.69) is 11.8 Å². The van der Waals surface area contributed by atoms with Crippen molar-refractivity contribution in [3.63, 3.8) is 0 Å². The molecule has 0 bridgehead atoms. The Morgan fingerprint density at radius 3 is 2.82 bits per heavy atom. The van der Waals surface area contributed by atoms with E-state index in [1.807, 2.05) is 24.3 Å². The molecule has 5 nitrogen and oxygen atoms in total. The topological polar surface area (TPSA) is 55.2 Å². The fraction of sp³-hybridized carbons (Fsp3) is 0.591. The van der Waals surface area contributed by atoms with Gasteiger partial charge in [0.05, 0.1) is 16.7 Å². The summed E-state index contributed by atoms with van der Waals surface area (Å²) in [7, 11) is 0. The molecule has 2 aliphatic rings. The molecule has 0 N–H and O–H groups in total. The van der Waals surface area contributed by atoms with E-state index in [0.717, 1.165) is 25.8 Å². The van der Waals surface area contributed by atoms with Gasteiger partial charge in [0.1, 0.15) is 0 Å². The molecule has 28 heavy (non-hydrogen) atoms. The average Bonchev–Trinajstić information content (AvgIpc) is 2.74. The molecular weight excluding hydrogens is 370 g/mol. The summed E-state index contributed by atoms with van der Waals surface area (Å²) >= 11 is 1.42. The van der Waals surface area contributed by atoms with Crippen LogP contribution in [0, 0.1) is 5.92 Å². The number of carbonyl (C=O) groups is 1. The molecule has 2 atom stereocenters. The van der Waals surface area contributed by atoms with Crippen molar-refractivity contribution in [1.82, 2.24) is 14.5 Å². The smallest absolute Gasteiger partial charge is 0.262 e. The first-order valence-corrected chi connectivity index (χ1v) is 11.6. The summed E-state index contributed by atoms with van der Waals surface area (Å²) in [6.45, 7) is 3.56. The van der Waals surface area contributed by atoms with Crippen molar-refractivity contribution < 1.29 is 4.79 Å². The van der Waals surface area contributed by atoms with E-state index in [9.17, 15) is 9.59 Å². The minimum absolute atomic E-state index is 0.00674. The second kappa shape index (κ2) is 8.68. The molecule has 150 valence electrons. The number of carbonyl (C=O) groups excluding carboxylic acids is 1. The van der Waals surface area contributed by atoms with Crippen molar-refractivity contribution >= 4 is 28.6 Å². The maximum atomic E-state index is 13.0. The zero-order valence-electron chi connectivity index (χ0n) is 16.6. The molecule has 2 fully saturated rings. The van der Waals surface area contributed by atoms with Gasteiger partial charge in [0.2, 0.25) is 5.91 Å². The number of thioether (sulfide) groups is 1. The number of para-hydroxylation sites is 1. The number of hydrogen-bond donors (Lipinski definition) is 0. The Bertz CT molecular complexity index is 908. The highest BCUT2D eigenvalue weighted by molar-refractivity contribution is 7.99. The Morgan fingerprint density at radius 2 is 1.96 bits per heavy atom. The third-order valence-corrected chi connectivity index (χ3v) is 7.12. The molecule has 1 saturated heterocycles. The Balaban J connectivity index is 1.54. The lowest BCUT2D eigenvalue weighted by atomic mass is 9.78. The lowest BCUT2D eigenvalue weighted by molar-refractivity contribution is -0.134. The number of benzene rings is 1. The van der Waals surface area contributed by atoms with Gasteiger partial charge in [-0.15, -0.1) is 0 Å². The molecule has 1 aliphatic heterocycles.